The summed E-state index contributed by atoms with van der Waals surface area (Å²) in [6.07, 6.45) is 0.704. The molecule has 1 aromatic carbocycles. The van der Waals surface area contributed by atoms with E-state index < -0.39 is 5.76 Å². The molecule has 15 heavy (non-hydrogen) atoms. The number of aromatic nitrogens is 1. The Morgan fingerprint density at radius 2 is 2.33 bits per heavy atom. The maximum atomic E-state index is 10.9. The fraction of sp³-hybridized carbons (Fsp3) is 0.300. The van der Waals surface area contributed by atoms with Gasteiger partial charge in [-0.15, -0.1) is 11.6 Å². The van der Waals surface area contributed by atoms with Crippen molar-refractivity contribution in [1.82, 2.24) is 4.98 Å². The molecule has 0 spiro atoms. The minimum atomic E-state index is -0.451. The number of hydrogen-bond acceptors (Lipinski definition) is 3. The zero-order valence-corrected chi connectivity index (χ0v) is 8.75. The van der Waals surface area contributed by atoms with E-state index in [0.717, 1.165) is 5.56 Å². The molecule has 0 saturated heterocycles. The van der Waals surface area contributed by atoms with Crippen LogP contribution in [-0.2, 0) is 0 Å². The monoisotopic (exact) mass is 226 g/mol. The van der Waals surface area contributed by atoms with Crippen LogP contribution in [0, 0.1) is 0 Å². The highest BCUT2D eigenvalue weighted by Crippen LogP contribution is 2.19. The van der Waals surface area contributed by atoms with Gasteiger partial charge in [0.15, 0.2) is 5.58 Å². The number of benzene rings is 1. The molecule has 0 aliphatic rings. The lowest BCUT2D eigenvalue weighted by Crippen LogP contribution is -2.10. The third-order valence-electron chi connectivity index (χ3n) is 2.29. The van der Waals surface area contributed by atoms with E-state index in [-0.39, 0.29) is 6.04 Å². The van der Waals surface area contributed by atoms with Crippen molar-refractivity contribution >= 4 is 22.7 Å². The summed E-state index contributed by atoms with van der Waals surface area (Å²) in [6, 6.07) is 5.29. The molecule has 0 radical (unpaired) electrons. The van der Waals surface area contributed by atoms with Crippen molar-refractivity contribution in [2.75, 3.05) is 5.88 Å². The van der Waals surface area contributed by atoms with Gasteiger partial charge in [-0.2, -0.15) is 0 Å². The molecule has 0 saturated carbocycles. The standard InChI is InChI=1S/C10H11ClN2O2/c11-4-3-7(12)6-1-2-9-8(5-6)13-10(14)15-9/h1-2,5,7H,3-4,12H2,(H,13,14). The van der Waals surface area contributed by atoms with Crippen LogP contribution in [0.15, 0.2) is 27.4 Å². The van der Waals surface area contributed by atoms with Crippen molar-refractivity contribution in [3.05, 3.63) is 34.3 Å². The zero-order valence-electron chi connectivity index (χ0n) is 8.00. The number of nitrogens with one attached hydrogen (secondary N) is 1. The fourth-order valence-corrected chi connectivity index (χ4v) is 1.72. The van der Waals surface area contributed by atoms with Gasteiger partial charge in [-0.25, -0.2) is 4.79 Å². The predicted molar refractivity (Wildman–Crippen MR) is 59.1 cm³/mol. The van der Waals surface area contributed by atoms with Crippen molar-refractivity contribution in [2.45, 2.75) is 12.5 Å². The smallest absolute Gasteiger partial charge is 0.408 e. The van der Waals surface area contributed by atoms with Gasteiger partial charge in [0.25, 0.3) is 0 Å². The highest BCUT2D eigenvalue weighted by molar-refractivity contribution is 6.17. The second kappa shape index (κ2) is 4.08. The van der Waals surface area contributed by atoms with Crippen LogP contribution in [0.1, 0.15) is 18.0 Å². The Morgan fingerprint density at radius 3 is 3.07 bits per heavy atom. The molecule has 3 N–H and O–H groups in total. The maximum absolute atomic E-state index is 10.9. The average Bonchev–Trinajstić information content (AvgIpc) is 2.57. The number of halogens is 1. The van der Waals surface area contributed by atoms with Gasteiger partial charge in [-0.1, -0.05) is 6.07 Å². The summed E-state index contributed by atoms with van der Waals surface area (Å²) in [6.45, 7) is 0. The average molecular weight is 227 g/mol. The first-order chi connectivity index (χ1) is 7.20. The summed E-state index contributed by atoms with van der Waals surface area (Å²) in [5.74, 6) is 0.0641. The molecular formula is C10H11ClN2O2. The second-order valence-electron chi connectivity index (χ2n) is 3.35. The molecule has 2 rings (SSSR count). The van der Waals surface area contributed by atoms with Gasteiger partial charge in [0, 0.05) is 11.9 Å². The molecule has 5 heteroatoms. The lowest BCUT2D eigenvalue weighted by atomic mass is 10.1. The van der Waals surface area contributed by atoms with E-state index in [9.17, 15) is 4.79 Å². The Kier molecular flexibility index (Phi) is 2.79. The lowest BCUT2D eigenvalue weighted by molar-refractivity contribution is 0.555. The number of oxazole rings is 1. The SMILES string of the molecule is NC(CCCl)c1ccc2oc(=O)[nH]c2c1. The highest BCUT2D eigenvalue weighted by Gasteiger charge is 2.07. The maximum Gasteiger partial charge on any atom is 0.417 e. The molecule has 80 valence electrons. The van der Waals surface area contributed by atoms with E-state index in [1.165, 1.54) is 0 Å². The van der Waals surface area contributed by atoms with Crippen LogP contribution in [0.4, 0.5) is 0 Å². The number of nitrogens with two attached hydrogens (primary N) is 1. The molecule has 1 aromatic heterocycles. The molecule has 0 amide bonds. The summed E-state index contributed by atoms with van der Waals surface area (Å²) in [5, 5.41) is 0. The summed E-state index contributed by atoms with van der Waals surface area (Å²) < 4.78 is 4.88. The summed E-state index contributed by atoms with van der Waals surface area (Å²) >= 11 is 5.61. The Hall–Kier alpha value is -1.26. The normalized spacial score (nSPS) is 13.2. The van der Waals surface area contributed by atoms with Gasteiger partial charge in [-0.05, 0) is 24.1 Å². The molecule has 2 aromatic rings. The molecule has 0 bridgehead atoms. The van der Waals surface area contributed by atoms with E-state index in [2.05, 4.69) is 4.98 Å². The van der Waals surface area contributed by atoms with Crippen LogP contribution in [0.3, 0.4) is 0 Å². The molecule has 1 heterocycles. The molecule has 0 aliphatic carbocycles. The van der Waals surface area contributed by atoms with E-state index >= 15 is 0 Å². The van der Waals surface area contributed by atoms with Crippen LogP contribution < -0.4 is 11.5 Å². The van der Waals surface area contributed by atoms with Crippen molar-refractivity contribution in [3.63, 3.8) is 0 Å². The van der Waals surface area contributed by atoms with Crippen LogP contribution in [-0.4, -0.2) is 10.9 Å². The summed E-state index contributed by atoms with van der Waals surface area (Å²) in [7, 11) is 0. The van der Waals surface area contributed by atoms with Crippen molar-refractivity contribution in [1.29, 1.82) is 0 Å². The number of aromatic amines is 1. The Balaban J connectivity index is 2.41. The van der Waals surface area contributed by atoms with E-state index in [0.29, 0.717) is 23.4 Å². The van der Waals surface area contributed by atoms with Crippen molar-refractivity contribution in [2.24, 2.45) is 5.73 Å². The fourth-order valence-electron chi connectivity index (χ4n) is 1.48. The third kappa shape index (κ3) is 2.06. The Bertz CT molecular complexity index is 517. The summed E-state index contributed by atoms with van der Waals surface area (Å²) in [4.78, 5) is 13.5. The van der Waals surface area contributed by atoms with Gasteiger partial charge in [0.2, 0.25) is 0 Å². The molecule has 1 atom stereocenters. The number of rotatable bonds is 3. The Morgan fingerprint density at radius 1 is 1.53 bits per heavy atom. The number of fused-ring (bicyclic) bond motifs is 1. The van der Waals surface area contributed by atoms with Crippen LogP contribution >= 0.6 is 11.6 Å². The van der Waals surface area contributed by atoms with Crippen LogP contribution in [0.25, 0.3) is 11.1 Å². The molecule has 4 nitrogen and oxygen atoms in total. The number of H-pyrrole nitrogens is 1. The first kappa shape index (κ1) is 10.3. The van der Waals surface area contributed by atoms with Gasteiger partial charge in [-0.3, -0.25) is 4.98 Å². The van der Waals surface area contributed by atoms with E-state index in [4.69, 9.17) is 21.8 Å². The zero-order chi connectivity index (χ0) is 10.8. The van der Waals surface area contributed by atoms with Crippen molar-refractivity contribution in [3.8, 4) is 0 Å². The largest absolute Gasteiger partial charge is 0.417 e. The van der Waals surface area contributed by atoms with Crippen LogP contribution in [0.2, 0.25) is 0 Å². The number of hydrogen-bond donors (Lipinski definition) is 2. The topological polar surface area (TPSA) is 72.0 Å². The first-order valence-electron chi connectivity index (χ1n) is 4.65. The molecule has 0 fully saturated rings. The Labute approximate surface area is 91.0 Å². The molecule has 0 aliphatic heterocycles. The minimum absolute atomic E-state index is 0.106. The van der Waals surface area contributed by atoms with E-state index in [1.807, 2.05) is 12.1 Å². The quantitative estimate of drug-likeness (QED) is 0.784. The lowest BCUT2D eigenvalue weighted by Gasteiger charge is -2.09. The first-order valence-corrected chi connectivity index (χ1v) is 5.18. The van der Waals surface area contributed by atoms with Crippen molar-refractivity contribution < 1.29 is 4.42 Å². The molecular weight excluding hydrogens is 216 g/mol. The third-order valence-corrected chi connectivity index (χ3v) is 2.51. The second-order valence-corrected chi connectivity index (χ2v) is 3.73. The highest BCUT2D eigenvalue weighted by atomic mass is 35.5. The number of alkyl halides is 1. The van der Waals surface area contributed by atoms with Crippen LogP contribution in [0.5, 0.6) is 0 Å². The van der Waals surface area contributed by atoms with Gasteiger partial charge in [0.1, 0.15) is 0 Å². The summed E-state index contributed by atoms with van der Waals surface area (Å²) in [5.41, 5.74) is 8.05. The minimum Gasteiger partial charge on any atom is -0.408 e. The van der Waals surface area contributed by atoms with Gasteiger partial charge >= 0.3 is 5.76 Å². The predicted octanol–water partition coefficient (Wildman–Crippen LogP) is 1.75. The van der Waals surface area contributed by atoms with Gasteiger partial charge < -0.3 is 10.2 Å². The van der Waals surface area contributed by atoms with Gasteiger partial charge in [0.05, 0.1) is 5.52 Å². The molecule has 1 unspecified atom stereocenters. The van der Waals surface area contributed by atoms with E-state index in [1.54, 1.807) is 6.07 Å².